The number of amides is 1. The van der Waals surface area contributed by atoms with Crippen LogP contribution in [-0.4, -0.2) is 70.2 Å². The molecule has 1 aliphatic heterocycles. The summed E-state index contributed by atoms with van der Waals surface area (Å²) in [6, 6.07) is 6.87. The third-order valence-corrected chi connectivity index (χ3v) is 8.19. The van der Waals surface area contributed by atoms with E-state index < -0.39 is 10.0 Å². The van der Waals surface area contributed by atoms with Crippen molar-refractivity contribution in [1.82, 2.24) is 24.0 Å². The second-order valence-electron chi connectivity index (χ2n) is 6.76. The maximum Gasteiger partial charge on any atom is 0.244 e. The average molecular weight is 442 g/mol. The van der Waals surface area contributed by atoms with Crippen molar-refractivity contribution in [1.29, 1.82) is 0 Å². The molecule has 0 radical (unpaired) electrons. The number of rotatable bonds is 6. The number of piperazine rings is 1. The van der Waals surface area contributed by atoms with E-state index in [-0.39, 0.29) is 34.7 Å². The minimum atomic E-state index is -3.66. The Balaban J connectivity index is 1.33. The summed E-state index contributed by atoms with van der Waals surface area (Å²) < 4.78 is 29.0. The van der Waals surface area contributed by atoms with Crippen LogP contribution in [0.4, 0.5) is 0 Å². The van der Waals surface area contributed by atoms with Crippen LogP contribution in [0, 0.1) is 0 Å². The van der Waals surface area contributed by atoms with E-state index in [4.69, 9.17) is 11.6 Å². The minimum Gasteiger partial charge on any atom is -0.339 e. The molecule has 8 nitrogen and oxygen atoms in total. The SMILES string of the molecule is O=C(CSc1nncn1C1CC1)N1CCN(S(=O)(=O)c2ccccc2Cl)CC1. The van der Waals surface area contributed by atoms with Gasteiger partial charge < -0.3 is 9.47 Å². The van der Waals surface area contributed by atoms with Crippen molar-refractivity contribution in [3.05, 3.63) is 35.6 Å². The van der Waals surface area contributed by atoms with E-state index in [2.05, 4.69) is 10.2 Å². The number of benzene rings is 1. The van der Waals surface area contributed by atoms with E-state index in [1.54, 1.807) is 29.4 Å². The Labute approximate surface area is 172 Å². The van der Waals surface area contributed by atoms with Gasteiger partial charge in [-0.2, -0.15) is 4.31 Å². The number of sulfonamides is 1. The van der Waals surface area contributed by atoms with E-state index in [0.29, 0.717) is 19.1 Å². The number of aromatic nitrogens is 3. The molecule has 0 bridgehead atoms. The molecule has 0 unspecified atom stereocenters. The second kappa shape index (κ2) is 8.02. The normalized spacial score (nSPS) is 18.4. The summed E-state index contributed by atoms with van der Waals surface area (Å²) in [7, 11) is -3.66. The molecule has 1 aromatic carbocycles. The lowest BCUT2D eigenvalue weighted by Gasteiger charge is -2.34. The van der Waals surface area contributed by atoms with Gasteiger partial charge in [-0.05, 0) is 25.0 Å². The van der Waals surface area contributed by atoms with Gasteiger partial charge >= 0.3 is 0 Å². The topological polar surface area (TPSA) is 88.4 Å². The molecule has 0 spiro atoms. The van der Waals surface area contributed by atoms with Crippen LogP contribution < -0.4 is 0 Å². The minimum absolute atomic E-state index is 0.0230. The molecule has 11 heteroatoms. The zero-order valence-electron chi connectivity index (χ0n) is 15.1. The van der Waals surface area contributed by atoms with Crippen molar-refractivity contribution in [3.8, 4) is 0 Å². The first-order valence-corrected chi connectivity index (χ1v) is 11.8. The Morgan fingerprint density at radius 1 is 1.18 bits per heavy atom. The Bertz CT molecular complexity index is 969. The van der Waals surface area contributed by atoms with Gasteiger partial charge in [0.25, 0.3) is 0 Å². The molecule has 28 heavy (non-hydrogen) atoms. The first-order valence-electron chi connectivity index (χ1n) is 9.01. The zero-order valence-corrected chi connectivity index (χ0v) is 17.5. The summed E-state index contributed by atoms with van der Waals surface area (Å²) in [5.74, 6) is 0.244. The van der Waals surface area contributed by atoms with Crippen LogP contribution in [0.15, 0.2) is 40.6 Å². The molecule has 150 valence electrons. The molecular weight excluding hydrogens is 422 g/mol. The molecule has 1 saturated heterocycles. The number of halogens is 1. The second-order valence-corrected chi connectivity index (χ2v) is 10.0. The molecular formula is C17H20ClN5O3S2. The Hall–Kier alpha value is -1.62. The van der Waals surface area contributed by atoms with Gasteiger partial charge in [0.2, 0.25) is 15.9 Å². The standard InChI is InChI=1S/C17H20ClN5O3S2/c18-14-3-1-2-4-15(14)28(25,26)22-9-7-21(8-10-22)16(24)11-27-17-20-19-12-23(17)13-5-6-13/h1-4,12-13H,5-11H2. The maximum atomic E-state index is 12.8. The van der Waals surface area contributed by atoms with E-state index in [1.807, 2.05) is 4.57 Å². The Morgan fingerprint density at radius 3 is 2.57 bits per heavy atom. The molecule has 0 N–H and O–H groups in total. The van der Waals surface area contributed by atoms with Gasteiger partial charge in [0, 0.05) is 32.2 Å². The number of thioether (sulfide) groups is 1. The first-order chi connectivity index (χ1) is 13.5. The monoisotopic (exact) mass is 441 g/mol. The molecule has 2 fully saturated rings. The Kier molecular flexibility index (Phi) is 5.64. The van der Waals surface area contributed by atoms with Crippen LogP contribution >= 0.6 is 23.4 Å². The number of nitrogens with zero attached hydrogens (tertiary/aromatic N) is 5. The van der Waals surface area contributed by atoms with E-state index in [9.17, 15) is 13.2 Å². The van der Waals surface area contributed by atoms with Crippen LogP contribution in [0.2, 0.25) is 5.02 Å². The average Bonchev–Trinajstić information content (AvgIpc) is 3.44. The van der Waals surface area contributed by atoms with Crippen molar-refractivity contribution >= 4 is 39.3 Å². The summed E-state index contributed by atoms with van der Waals surface area (Å²) in [4.78, 5) is 14.3. The lowest BCUT2D eigenvalue weighted by Crippen LogP contribution is -2.51. The lowest BCUT2D eigenvalue weighted by molar-refractivity contribution is -0.129. The van der Waals surface area contributed by atoms with Gasteiger partial charge in [-0.1, -0.05) is 35.5 Å². The Morgan fingerprint density at radius 2 is 1.89 bits per heavy atom. The van der Waals surface area contributed by atoms with Gasteiger partial charge in [-0.15, -0.1) is 10.2 Å². The molecule has 1 aromatic heterocycles. The van der Waals surface area contributed by atoms with Crippen molar-refractivity contribution in [2.75, 3.05) is 31.9 Å². The molecule has 1 saturated carbocycles. The third kappa shape index (κ3) is 4.05. The highest BCUT2D eigenvalue weighted by molar-refractivity contribution is 7.99. The van der Waals surface area contributed by atoms with E-state index in [0.717, 1.165) is 18.0 Å². The molecule has 2 heterocycles. The highest BCUT2D eigenvalue weighted by Crippen LogP contribution is 2.37. The van der Waals surface area contributed by atoms with Crippen molar-refractivity contribution < 1.29 is 13.2 Å². The summed E-state index contributed by atoms with van der Waals surface area (Å²) in [5, 5.41) is 8.98. The largest absolute Gasteiger partial charge is 0.339 e. The molecule has 4 rings (SSSR count). The first kappa shape index (κ1) is 19.7. The van der Waals surface area contributed by atoms with E-state index >= 15 is 0 Å². The van der Waals surface area contributed by atoms with Gasteiger partial charge in [0.15, 0.2) is 5.16 Å². The van der Waals surface area contributed by atoms with Crippen molar-refractivity contribution in [2.24, 2.45) is 0 Å². The van der Waals surface area contributed by atoms with Crippen LogP contribution in [0.5, 0.6) is 0 Å². The lowest BCUT2D eigenvalue weighted by atomic mass is 10.3. The van der Waals surface area contributed by atoms with Crippen molar-refractivity contribution in [3.63, 3.8) is 0 Å². The van der Waals surface area contributed by atoms with Gasteiger partial charge in [0.05, 0.1) is 10.8 Å². The smallest absolute Gasteiger partial charge is 0.244 e. The maximum absolute atomic E-state index is 12.8. The van der Waals surface area contributed by atoms with Crippen LogP contribution in [0.1, 0.15) is 18.9 Å². The summed E-state index contributed by atoms with van der Waals surface area (Å²) in [6.07, 6.45) is 3.96. The fraction of sp³-hybridized carbons (Fsp3) is 0.471. The molecule has 1 aliphatic carbocycles. The van der Waals surface area contributed by atoms with Crippen LogP contribution in [-0.2, 0) is 14.8 Å². The van der Waals surface area contributed by atoms with Crippen LogP contribution in [0.3, 0.4) is 0 Å². The van der Waals surface area contributed by atoms with Gasteiger partial charge in [-0.25, -0.2) is 8.42 Å². The number of carbonyl (C=O) groups is 1. The van der Waals surface area contributed by atoms with Gasteiger partial charge in [0.1, 0.15) is 11.2 Å². The number of carbonyl (C=O) groups excluding carboxylic acids is 1. The predicted octanol–water partition coefficient (Wildman–Crippen LogP) is 1.89. The fourth-order valence-corrected chi connectivity index (χ4v) is 5.93. The molecule has 2 aromatic rings. The predicted molar refractivity (Wildman–Crippen MR) is 106 cm³/mol. The highest BCUT2D eigenvalue weighted by atomic mass is 35.5. The summed E-state index contributed by atoms with van der Waals surface area (Å²) in [6.45, 7) is 1.22. The molecule has 0 atom stereocenters. The fourth-order valence-electron chi connectivity index (χ4n) is 3.13. The summed E-state index contributed by atoms with van der Waals surface area (Å²) in [5.41, 5.74) is 0. The quantitative estimate of drug-likeness (QED) is 0.636. The molecule has 1 amide bonds. The number of hydrogen-bond acceptors (Lipinski definition) is 6. The molecule has 2 aliphatic rings. The van der Waals surface area contributed by atoms with Crippen molar-refractivity contribution in [2.45, 2.75) is 28.9 Å². The van der Waals surface area contributed by atoms with Gasteiger partial charge in [-0.3, -0.25) is 4.79 Å². The highest BCUT2D eigenvalue weighted by Gasteiger charge is 2.32. The zero-order chi connectivity index (χ0) is 19.7. The summed E-state index contributed by atoms with van der Waals surface area (Å²) >= 11 is 7.43. The van der Waals surface area contributed by atoms with Crippen LogP contribution in [0.25, 0.3) is 0 Å². The third-order valence-electron chi connectivity index (χ3n) is 4.85. The number of hydrogen-bond donors (Lipinski definition) is 0. The van der Waals surface area contributed by atoms with E-state index in [1.165, 1.54) is 22.1 Å².